The summed E-state index contributed by atoms with van der Waals surface area (Å²) >= 11 is 0. The second-order valence-corrected chi connectivity index (χ2v) is 12.4. The maximum atomic E-state index is 12.2. The van der Waals surface area contributed by atoms with Crippen molar-refractivity contribution < 1.29 is 33.5 Å². The molecular weight excluding hydrogens is 648 g/mol. The number of carbonyl (C=O) groups is 3. The summed E-state index contributed by atoms with van der Waals surface area (Å²) in [5.74, 6) is -1.03. The van der Waals surface area contributed by atoms with Crippen LogP contribution in [-0.4, -0.2) is 89.4 Å². The molecule has 0 aliphatic carbocycles. The number of likely N-dealkylation sites (tertiary alicyclic amines) is 1. The highest BCUT2D eigenvalue weighted by molar-refractivity contribution is 5.93. The van der Waals surface area contributed by atoms with Crippen molar-refractivity contribution in [3.63, 3.8) is 0 Å². The van der Waals surface area contributed by atoms with Crippen molar-refractivity contribution in [3.05, 3.63) is 68.1 Å². The molecule has 3 heterocycles. The highest BCUT2D eigenvalue weighted by Crippen LogP contribution is 2.29. The smallest absolute Gasteiger partial charge is 0.410 e. The Bertz CT molecular complexity index is 1670. The largest absolute Gasteiger partial charge is 0.465 e. The highest BCUT2D eigenvalue weighted by Gasteiger charge is 2.28. The van der Waals surface area contributed by atoms with E-state index >= 15 is 0 Å². The number of imidazole rings is 1. The molecule has 0 unspecified atom stereocenters. The molecule has 15 nitrogen and oxygen atoms in total. The van der Waals surface area contributed by atoms with Crippen LogP contribution < -0.4 is 16.3 Å². The number of benzene rings is 2. The van der Waals surface area contributed by atoms with Crippen LogP contribution >= 0.6 is 12.4 Å². The average Bonchev–Trinajstić information content (AvgIpc) is 3.39. The molecule has 3 N–H and O–H groups in total. The normalized spacial score (nSPS) is 15.4. The van der Waals surface area contributed by atoms with Gasteiger partial charge < -0.3 is 34.7 Å². The minimum Gasteiger partial charge on any atom is -0.465 e. The van der Waals surface area contributed by atoms with Gasteiger partial charge in [-0.05, 0) is 89.9 Å². The monoisotopic (exact) mass is 690 g/mol. The number of H-pyrrole nitrogens is 1. The molecule has 2 saturated heterocycles. The summed E-state index contributed by atoms with van der Waals surface area (Å²) in [6.45, 7) is 8.29. The van der Waals surface area contributed by atoms with E-state index in [1.165, 1.54) is 32.4 Å². The van der Waals surface area contributed by atoms with Crippen LogP contribution in [0, 0.1) is 10.1 Å². The number of hydrogen-bond acceptors (Lipinski definition) is 11. The van der Waals surface area contributed by atoms with Crippen LogP contribution in [0.5, 0.6) is 0 Å². The second-order valence-electron chi connectivity index (χ2n) is 12.4. The van der Waals surface area contributed by atoms with E-state index in [1.54, 1.807) is 21.6 Å². The predicted molar refractivity (Wildman–Crippen MR) is 181 cm³/mol. The molecule has 2 aliphatic rings. The number of aromatic nitrogens is 2. The Labute approximate surface area is 283 Å². The van der Waals surface area contributed by atoms with Crippen molar-refractivity contribution in [1.82, 2.24) is 19.8 Å². The number of nitro benzene ring substituents is 1. The number of carbonyl (C=O) groups excluding carboxylic acids is 3. The highest BCUT2D eigenvalue weighted by atomic mass is 35.5. The number of ether oxygens (including phenoxy) is 3. The molecule has 16 heteroatoms. The fraction of sp³-hybridized carbons (Fsp3) is 0.500. The third-order valence-corrected chi connectivity index (χ3v) is 7.93. The number of hydrogen-bond donors (Lipinski definition) is 3. The number of nitrogens with zero attached hydrogens (tertiary/aromatic N) is 3. The fourth-order valence-corrected chi connectivity index (χ4v) is 5.61. The predicted octanol–water partition coefficient (Wildman–Crippen LogP) is 4.66. The van der Waals surface area contributed by atoms with Gasteiger partial charge in [-0.15, -0.1) is 12.4 Å². The molecular formula is C32H43ClN6O9. The number of halogens is 1. The first-order valence-corrected chi connectivity index (χ1v) is 15.5. The summed E-state index contributed by atoms with van der Waals surface area (Å²) in [7, 11) is 2.56. The molecule has 1 aromatic heterocycles. The number of aromatic amines is 1. The first kappa shape index (κ1) is 37.8. The van der Waals surface area contributed by atoms with E-state index < -0.39 is 22.5 Å². The van der Waals surface area contributed by atoms with Gasteiger partial charge in [0, 0.05) is 31.2 Å². The third kappa shape index (κ3) is 9.47. The van der Waals surface area contributed by atoms with Gasteiger partial charge >= 0.3 is 23.7 Å². The number of methoxy groups -OCH3 is 2. The van der Waals surface area contributed by atoms with Crippen molar-refractivity contribution in [2.75, 3.05) is 45.7 Å². The second kappa shape index (κ2) is 16.5. The Hall–Kier alpha value is -4.63. The number of amides is 1. The maximum Gasteiger partial charge on any atom is 0.410 e. The molecule has 0 bridgehead atoms. The van der Waals surface area contributed by atoms with Crippen LogP contribution in [0.25, 0.3) is 11.0 Å². The zero-order valence-electron chi connectivity index (χ0n) is 27.7. The number of fused-ring (bicyclic) bond motifs is 1. The molecule has 0 saturated carbocycles. The summed E-state index contributed by atoms with van der Waals surface area (Å²) < 4.78 is 16.5. The number of rotatable bonds is 6. The van der Waals surface area contributed by atoms with E-state index in [4.69, 9.17) is 9.47 Å². The van der Waals surface area contributed by atoms with E-state index in [9.17, 15) is 29.3 Å². The lowest BCUT2D eigenvalue weighted by atomic mass is 10.0. The van der Waals surface area contributed by atoms with Gasteiger partial charge in [0.2, 0.25) is 0 Å². The van der Waals surface area contributed by atoms with Gasteiger partial charge in [0.1, 0.15) is 11.3 Å². The number of nitro groups is 1. The zero-order valence-corrected chi connectivity index (χ0v) is 28.5. The number of esters is 2. The van der Waals surface area contributed by atoms with Crippen LogP contribution in [0.15, 0.2) is 41.2 Å². The topological polar surface area (TPSA) is 187 Å². The van der Waals surface area contributed by atoms with Crippen molar-refractivity contribution in [3.8, 4) is 0 Å². The summed E-state index contributed by atoms with van der Waals surface area (Å²) in [4.78, 5) is 62.6. The van der Waals surface area contributed by atoms with Crippen molar-refractivity contribution in [2.24, 2.45) is 0 Å². The SMILES string of the molecule is COC(=O)c1ccc(NC2CCN(C(=O)OC(C)(C)C)CC2)c([N+](=O)[O-])c1.COC(=O)c1ccc2c(c1)[nH]c(=O)n2C1CCNCC1.Cl. The van der Waals surface area contributed by atoms with Gasteiger partial charge in [-0.3, -0.25) is 14.7 Å². The molecule has 48 heavy (non-hydrogen) atoms. The Morgan fingerprint density at radius 1 is 0.938 bits per heavy atom. The van der Waals surface area contributed by atoms with Gasteiger partial charge in [0.15, 0.2) is 0 Å². The molecule has 2 aliphatic heterocycles. The van der Waals surface area contributed by atoms with Crippen LogP contribution in [0.4, 0.5) is 16.2 Å². The summed E-state index contributed by atoms with van der Waals surface area (Å²) in [6.07, 6.45) is 2.79. The molecule has 262 valence electrons. The molecule has 0 radical (unpaired) electrons. The number of anilines is 1. The Morgan fingerprint density at radius 3 is 2.08 bits per heavy atom. The maximum absolute atomic E-state index is 12.2. The van der Waals surface area contributed by atoms with Crippen LogP contribution in [0.1, 0.15) is 73.2 Å². The van der Waals surface area contributed by atoms with Crippen molar-refractivity contribution in [1.29, 1.82) is 0 Å². The molecule has 0 atom stereocenters. The standard InChI is InChI=1S/C18H25N3O6.C14H17N3O3.ClH/c1-18(2,3)27-17(23)20-9-7-13(8-10-20)19-14-6-5-12(16(22)26-4)11-15(14)21(24)25;1-20-13(18)9-2-3-12-11(8-9)16-14(19)17(12)10-4-6-15-7-5-10;/h5-6,11,13,19H,7-10H2,1-4H3;2-3,8,10,15H,4-7H2,1H3,(H,16,19);1H. The van der Waals surface area contributed by atoms with Gasteiger partial charge in [0.05, 0.1) is 41.3 Å². The van der Waals surface area contributed by atoms with Crippen LogP contribution in [-0.2, 0) is 14.2 Å². The Morgan fingerprint density at radius 2 is 1.52 bits per heavy atom. The molecule has 2 fully saturated rings. The lowest BCUT2D eigenvalue weighted by Gasteiger charge is -2.34. The summed E-state index contributed by atoms with van der Waals surface area (Å²) in [5.41, 5.74) is 1.57. The quantitative estimate of drug-likeness (QED) is 0.141. The van der Waals surface area contributed by atoms with E-state index in [0.717, 1.165) is 31.4 Å². The molecule has 2 aromatic carbocycles. The third-order valence-electron chi connectivity index (χ3n) is 7.93. The zero-order chi connectivity index (χ0) is 34.3. The number of piperidine rings is 2. The number of nitrogens with one attached hydrogen (secondary N) is 3. The first-order valence-electron chi connectivity index (χ1n) is 15.5. The minimum absolute atomic E-state index is 0. The fourth-order valence-electron chi connectivity index (χ4n) is 5.61. The molecule has 3 aromatic rings. The summed E-state index contributed by atoms with van der Waals surface area (Å²) in [6, 6.07) is 9.54. The van der Waals surface area contributed by atoms with Gasteiger partial charge in [0.25, 0.3) is 5.69 Å². The van der Waals surface area contributed by atoms with E-state index in [-0.39, 0.29) is 47.5 Å². The van der Waals surface area contributed by atoms with Crippen molar-refractivity contribution in [2.45, 2.75) is 64.1 Å². The lowest BCUT2D eigenvalue weighted by Crippen LogP contribution is -2.44. The molecule has 0 spiro atoms. The summed E-state index contributed by atoms with van der Waals surface area (Å²) in [5, 5.41) is 17.8. The van der Waals surface area contributed by atoms with E-state index in [0.29, 0.717) is 42.7 Å². The van der Waals surface area contributed by atoms with Crippen LogP contribution in [0.3, 0.4) is 0 Å². The molecule has 5 rings (SSSR count). The minimum atomic E-state index is -0.629. The van der Waals surface area contributed by atoms with Gasteiger partial charge in [-0.2, -0.15) is 0 Å². The van der Waals surface area contributed by atoms with E-state index in [1.807, 2.05) is 26.8 Å². The molecule has 1 amide bonds. The Kier molecular flexibility index (Phi) is 13.0. The van der Waals surface area contributed by atoms with Gasteiger partial charge in [-0.25, -0.2) is 19.2 Å². The average molecular weight is 691 g/mol. The van der Waals surface area contributed by atoms with E-state index in [2.05, 4.69) is 20.4 Å². The van der Waals surface area contributed by atoms with Gasteiger partial charge in [-0.1, -0.05) is 0 Å². The Balaban J connectivity index is 0.000000265. The first-order chi connectivity index (χ1) is 22.3. The van der Waals surface area contributed by atoms with Crippen molar-refractivity contribution >= 4 is 52.8 Å². The van der Waals surface area contributed by atoms with Crippen LogP contribution in [0.2, 0.25) is 0 Å². The lowest BCUT2D eigenvalue weighted by molar-refractivity contribution is -0.384.